The highest BCUT2D eigenvalue weighted by Gasteiger charge is 2.33. The van der Waals surface area contributed by atoms with E-state index >= 15 is 0 Å². The minimum Gasteiger partial charge on any atom is -0.390 e. The van der Waals surface area contributed by atoms with Crippen molar-refractivity contribution in [2.75, 3.05) is 13.1 Å². The van der Waals surface area contributed by atoms with Crippen molar-refractivity contribution in [1.82, 2.24) is 4.90 Å². The third kappa shape index (κ3) is 2.49. The Hall–Kier alpha value is -0.380. The van der Waals surface area contributed by atoms with Crippen LogP contribution in [0.15, 0.2) is 11.1 Å². The van der Waals surface area contributed by atoms with E-state index in [1.807, 2.05) is 0 Å². The minimum atomic E-state index is -0.524. The van der Waals surface area contributed by atoms with Crippen LogP contribution in [0.5, 0.6) is 0 Å². The lowest BCUT2D eigenvalue weighted by Gasteiger charge is -2.41. The van der Waals surface area contributed by atoms with Gasteiger partial charge in [-0.2, -0.15) is 0 Å². The molecule has 0 aromatic rings. The molecule has 0 aromatic heterocycles. The summed E-state index contributed by atoms with van der Waals surface area (Å²) in [6.45, 7) is 2.52. The molecule has 3 aliphatic rings. The standard InChI is InChI=1S/C15H25NO2/c17-14-9-11-4-5-13(8-12(11)10-15(14)18)16-6-2-1-3-7-16/h13-15,17-18H,1-10H2/t13-,14+,15-/m0/s1. The van der Waals surface area contributed by atoms with Crippen molar-refractivity contribution < 1.29 is 10.2 Å². The first kappa shape index (κ1) is 12.6. The molecule has 3 rings (SSSR count). The Kier molecular flexibility index (Phi) is 3.73. The summed E-state index contributed by atoms with van der Waals surface area (Å²) in [5, 5.41) is 19.6. The van der Waals surface area contributed by atoms with Crippen molar-refractivity contribution in [3.05, 3.63) is 11.1 Å². The second kappa shape index (κ2) is 5.32. The van der Waals surface area contributed by atoms with Crippen molar-refractivity contribution >= 4 is 0 Å². The van der Waals surface area contributed by atoms with Gasteiger partial charge in [0.2, 0.25) is 0 Å². The van der Waals surface area contributed by atoms with Gasteiger partial charge in [-0.05, 0) is 58.0 Å². The average Bonchev–Trinajstić information content (AvgIpc) is 2.41. The smallest absolute Gasteiger partial charge is 0.0839 e. The highest BCUT2D eigenvalue weighted by molar-refractivity contribution is 5.24. The molecule has 0 aromatic carbocycles. The van der Waals surface area contributed by atoms with Crippen molar-refractivity contribution in [2.24, 2.45) is 0 Å². The van der Waals surface area contributed by atoms with Crippen LogP contribution < -0.4 is 0 Å². The normalized spacial score (nSPS) is 38.7. The summed E-state index contributed by atoms with van der Waals surface area (Å²) in [7, 11) is 0. The van der Waals surface area contributed by atoms with Gasteiger partial charge in [0.15, 0.2) is 0 Å². The van der Waals surface area contributed by atoms with Gasteiger partial charge in [0, 0.05) is 6.04 Å². The highest BCUT2D eigenvalue weighted by atomic mass is 16.3. The molecule has 3 nitrogen and oxygen atoms in total. The molecule has 3 heteroatoms. The number of rotatable bonds is 1. The van der Waals surface area contributed by atoms with Gasteiger partial charge in [0.05, 0.1) is 12.2 Å². The second-order valence-corrected chi connectivity index (χ2v) is 6.24. The maximum absolute atomic E-state index is 9.82. The third-order valence-corrected chi connectivity index (χ3v) is 5.02. The van der Waals surface area contributed by atoms with Crippen LogP contribution >= 0.6 is 0 Å². The molecule has 1 fully saturated rings. The third-order valence-electron chi connectivity index (χ3n) is 5.02. The van der Waals surface area contributed by atoms with Gasteiger partial charge in [-0.1, -0.05) is 17.6 Å². The zero-order valence-corrected chi connectivity index (χ0v) is 11.1. The Bertz CT molecular complexity index is 333. The molecule has 18 heavy (non-hydrogen) atoms. The van der Waals surface area contributed by atoms with E-state index in [9.17, 15) is 10.2 Å². The quantitative estimate of drug-likeness (QED) is 0.699. The van der Waals surface area contributed by atoms with E-state index in [0.29, 0.717) is 18.9 Å². The summed E-state index contributed by atoms with van der Waals surface area (Å²) in [5.74, 6) is 0. The van der Waals surface area contributed by atoms with Gasteiger partial charge in [0.25, 0.3) is 0 Å². The van der Waals surface area contributed by atoms with E-state index in [-0.39, 0.29) is 0 Å². The maximum atomic E-state index is 9.82. The number of nitrogens with zero attached hydrogens (tertiary/aromatic N) is 1. The summed E-state index contributed by atoms with van der Waals surface area (Å²) in [6.07, 6.45) is 8.00. The number of piperidine rings is 1. The van der Waals surface area contributed by atoms with E-state index < -0.39 is 12.2 Å². The number of hydrogen-bond donors (Lipinski definition) is 2. The van der Waals surface area contributed by atoms with E-state index in [0.717, 1.165) is 12.8 Å². The van der Waals surface area contributed by atoms with Gasteiger partial charge in [-0.3, -0.25) is 0 Å². The molecule has 2 aliphatic carbocycles. The van der Waals surface area contributed by atoms with Crippen LogP contribution in [0.25, 0.3) is 0 Å². The van der Waals surface area contributed by atoms with Crippen LogP contribution in [-0.2, 0) is 0 Å². The van der Waals surface area contributed by atoms with Crippen molar-refractivity contribution in [3.8, 4) is 0 Å². The second-order valence-electron chi connectivity index (χ2n) is 6.24. The number of hydrogen-bond acceptors (Lipinski definition) is 3. The fraction of sp³-hybridized carbons (Fsp3) is 0.867. The van der Waals surface area contributed by atoms with Crippen LogP contribution in [0.3, 0.4) is 0 Å². The number of likely N-dealkylation sites (tertiary alicyclic amines) is 1. The number of aliphatic hydroxyl groups excluding tert-OH is 2. The van der Waals surface area contributed by atoms with Crippen LogP contribution in [0.2, 0.25) is 0 Å². The topological polar surface area (TPSA) is 43.7 Å². The summed E-state index contributed by atoms with van der Waals surface area (Å²) >= 11 is 0. The van der Waals surface area contributed by atoms with Crippen LogP contribution in [0.1, 0.15) is 51.4 Å². The Morgan fingerprint density at radius 3 is 2.22 bits per heavy atom. The Balaban J connectivity index is 1.66. The predicted octanol–water partition coefficient (Wildman–Crippen LogP) is 1.84. The molecule has 0 unspecified atom stereocenters. The van der Waals surface area contributed by atoms with Crippen LogP contribution in [-0.4, -0.2) is 46.5 Å². The Morgan fingerprint density at radius 1 is 0.833 bits per heavy atom. The lowest BCUT2D eigenvalue weighted by atomic mass is 9.77. The zero-order chi connectivity index (χ0) is 12.5. The molecule has 0 saturated carbocycles. The molecule has 102 valence electrons. The highest BCUT2D eigenvalue weighted by Crippen LogP contribution is 2.38. The first-order valence-corrected chi connectivity index (χ1v) is 7.54. The molecule has 0 spiro atoms. The molecule has 3 atom stereocenters. The summed E-state index contributed by atoms with van der Waals surface area (Å²) in [4.78, 5) is 2.66. The van der Waals surface area contributed by atoms with Gasteiger partial charge >= 0.3 is 0 Å². The molecular formula is C15H25NO2. The molecule has 0 bridgehead atoms. The van der Waals surface area contributed by atoms with Gasteiger partial charge in [-0.25, -0.2) is 0 Å². The monoisotopic (exact) mass is 251 g/mol. The zero-order valence-electron chi connectivity index (χ0n) is 11.1. The summed E-state index contributed by atoms with van der Waals surface area (Å²) in [6, 6.07) is 0.700. The average molecular weight is 251 g/mol. The molecule has 1 heterocycles. The fourth-order valence-corrected chi connectivity index (χ4v) is 3.89. The molecule has 1 saturated heterocycles. The predicted molar refractivity (Wildman–Crippen MR) is 71.3 cm³/mol. The largest absolute Gasteiger partial charge is 0.390 e. The van der Waals surface area contributed by atoms with Gasteiger partial charge < -0.3 is 15.1 Å². The first-order chi connectivity index (χ1) is 8.74. The molecule has 0 amide bonds. The van der Waals surface area contributed by atoms with Gasteiger partial charge in [-0.15, -0.1) is 0 Å². The summed E-state index contributed by atoms with van der Waals surface area (Å²) < 4.78 is 0. The SMILES string of the molecule is O[C@@H]1CC2=C(C[C@@H](N3CCCCC3)CC2)C[C@@H]1O. The lowest BCUT2D eigenvalue weighted by molar-refractivity contribution is 0.00975. The molecular weight excluding hydrogens is 226 g/mol. The van der Waals surface area contributed by atoms with Crippen molar-refractivity contribution in [3.63, 3.8) is 0 Å². The lowest BCUT2D eigenvalue weighted by Crippen LogP contribution is -2.42. The van der Waals surface area contributed by atoms with E-state index in [1.54, 1.807) is 0 Å². The molecule has 1 aliphatic heterocycles. The van der Waals surface area contributed by atoms with E-state index in [1.165, 1.54) is 49.9 Å². The van der Waals surface area contributed by atoms with E-state index in [2.05, 4.69) is 4.90 Å². The Labute approximate surface area is 109 Å². The first-order valence-electron chi connectivity index (χ1n) is 7.54. The number of aliphatic hydroxyl groups is 2. The minimum absolute atomic E-state index is 0.518. The van der Waals surface area contributed by atoms with Gasteiger partial charge in [0.1, 0.15) is 0 Å². The van der Waals surface area contributed by atoms with Crippen molar-refractivity contribution in [1.29, 1.82) is 0 Å². The van der Waals surface area contributed by atoms with Crippen LogP contribution in [0, 0.1) is 0 Å². The van der Waals surface area contributed by atoms with Crippen molar-refractivity contribution in [2.45, 2.75) is 69.6 Å². The fourth-order valence-electron chi connectivity index (χ4n) is 3.89. The molecule has 2 N–H and O–H groups in total. The molecule has 0 radical (unpaired) electrons. The van der Waals surface area contributed by atoms with E-state index in [4.69, 9.17) is 0 Å². The summed E-state index contributed by atoms with van der Waals surface area (Å²) in [5.41, 5.74) is 2.90. The Morgan fingerprint density at radius 2 is 1.50 bits per heavy atom. The van der Waals surface area contributed by atoms with Crippen LogP contribution in [0.4, 0.5) is 0 Å². The maximum Gasteiger partial charge on any atom is 0.0839 e.